The second kappa shape index (κ2) is 5.11. The molecule has 0 amide bonds. The maximum Gasteiger partial charge on any atom is 0.154 e. The van der Waals surface area contributed by atoms with Crippen LogP contribution in [0.4, 0.5) is 0 Å². The molecule has 0 aliphatic carbocycles. The van der Waals surface area contributed by atoms with E-state index in [9.17, 15) is 5.11 Å². The first-order valence-corrected chi connectivity index (χ1v) is 7.11. The van der Waals surface area contributed by atoms with Crippen LogP contribution in [-0.2, 0) is 12.6 Å². The summed E-state index contributed by atoms with van der Waals surface area (Å²) in [5.74, 6) is 0. The van der Waals surface area contributed by atoms with Crippen molar-refractivity contribution in [2.75, 3.05) is 0 Å². The van der Waals surface area contributed by atoms with E-state index >= 15 is 0 Å². The number of hydrogen-bond acceptors (Lipinski definition) is 3. The van der Waals surface area contributed by atoms with Crippen molar-refractivity contribution >= 4 is 31.9 Å². The lowest BCUT2D eigenvalue weighted by Gasteiger charge is -2.27. The molecule has 0 saturated carbocycles. The predicted octanol–water partition coefficient (Wildman–Crippen LogP) is 2.99. The molecule has 1 N–H and O–H groups in total. The second-order valence-corrected chi connectivity index (χ2v) is 5.74. The van der Waals surface area contributed by atoms with E-state index in [0.717, 1.165) is 10.0 Å². The van der Waals surface area contributed by atoms with Crippen molar-refractivity contribution in [3.8, 4) is 0 Å². The molecule has 0 aliphatic rings. The fraction of sp³-hybridized carbons (Fsp3) is 0.333. The maximum atomic E-state index is 11.0. The second-order valence-electron chi connectivity index (χ2n) is 4.08. The molecule has 0 spiro atoms. The molecule has 0 radical (unpaired) electrons. The number of rotatable bonds is 3. The van der Waals surface area contributed by atoms with Crippen LogP contribution in [0.2, 0.25) is 0 Å². The molecular formula is C12H13Br2N3O. The quantitative estimate of drug-likeness (QED) is 0.898. The summed E-state index contributed by atoms with van der Waals surface area (Å²) in [6.45, 7) is 1.93. The zero-order valence-electron chi connectivity index (χ0n) is 10.1. The SMILES string of the molecule is CCC(O)(c1cccc(Br)c1)c1c(Br)nnn1C. The number of aryl methyl sites for hydroxylation is 1. The lowest BCUT2D eigenvalue weighted by molar-refractivity contribution is 0.0669. The molecule has 2 rings (SSSR count). The molecule has 6 heteroatoms. The lowest BCUT2D eigenvalue weighted by Crippen LogP contribution is -2.29. The number of nitrogens with zero attached hydrogens (tertiary/aromatic N) is 3. The smallest absolute Gasteiger partial charge is 0.154 e. The Morgan fingerprint density at radius 2 is 2.11 bits per heavy atom. The lowest BCUT2D eigenvalue weighted by atomic mass is 9.88. The predicted molar refractivity (Wildman–Crippen MR) is 76.1 cm³/mol. The molecule has 2 aromatic rings. The first-order valence-electron chi connectivity index (χ1n) is 5.53. The van der Waals surface area contributed by atoms with Crippen molar-refractivity contribution in [1.82, 2.24) is 15.0 Å². The monoisotopic (exact) mass is 373 g/mol. The van der Waals surface area contributed by atoms with Gasteiger partial charge in [0.15, 0.2) is 4.60 Å². The Morgan fingerprint density at radius 3 is 2.61 bits per heavy atom. The van der Waals surface area contributed by atoms with Gasteiger partial charge in [0, 0.05) is 11.5 Å². The Morgan fingerprint density at radius 1 is 1.39 bits per heavy atom. The average molecular weight is 375 g/mol. The van der Waals surface area contributed by atoms with E-state index < -0.39 is 5.60 Å². The van der Waals surface area contributed by atoms with Gasteiger partial charge in [-0.2, -0.15) is 0 Å². The highest BCUT2D eigenvalue weighted by atomic mass is 79.9. The van der Waals surface area contributed by atoms with Crippen LogP contribution in [0.3, 0.4) is 0 Å². The van der Waals surface area contributed by atoms with E-state index in [0.29, 0.717) is 16.7 Å². The van der Waals surface area contributed by atoms with Crippen LogP contribution in [-0.4, -0.2) is 20.1 Å². The highest BCUT2D eigenvalue weighted by Crippen LogP contribution is 2.36. The summed E-state index contributed by atoms with van der Waals surface area (Å²) in [5.41, 5.74) is 0.356. The van der Waals surface area contributed by atoms with Crippen LogP contribution in [0.5, 0.6) is 0 Å². The number of hydrogen-bond donors (Lipinski definition) is 1. The molecular weight excluding hydrogens is 362 g/mol. The standard InChI is InChI=1S/C12H13Br2N3O/c1-3-12(18,8-5-4-6-9(13)7-8)10-11(14)15-16-17(10)2/h4-7,18H,3H2,1-2H3. The molecule has 4 nitrogen and oxygen atoms in total. The highest BCUT2D eigenvalue weighted by Gasteiger charge is 2.35. The Hall–Kier alpha value is -0.720. The van der Waals surface area contributed by atoms with Crippen LogP contribution in [0, 0.1) is 0 Å². The van der Waals surface area contributed by atoms with Gasteiger partial charge in [-0.15, -0.1) is 5.10 Å². The van der Waals surface area contributed by atoms with Crippen molar-refractivity contribution < 1.29 is 5.11 Å². The molecule has 1 unspecified atom stereocenters. The molecule has 1 heterocycles. The number of aromatic nitrogens is 3. The highest BCUT2D eigenvalue weighted by molar-refractivity contribution is 9.10. The molecule has 1 aromatic carbocycles. The van der Waals surface area contributed by atoms with Crippen molar-refractivity contribution in [1.29, 1.82) is 0 Å². The minimum Gasteiger partial charge on any atom is -0.379 e. The third-order valence-corrected chi connectivity index (χ3v) is 4.02. The van der Waals surface area contributed by atoms with Gasteiger partial charge in [0.2, 0.25) is 0 Å². The largest absolute Gasteiger partial charge is 0.379 e. The zero-order valence-corrected chi connectivity index (χ0v) is 13.2. The van der Waals surface area contributed by atoms with E-state index in [2.05, 4.69) is 42.2 Å². The molecule has 0 saturated heterocycles. The molecule has 0 aliphatic heterocycles. The molecule has 96 valence electrons. The average Bonchev–Trinajstić information content (AvgIpc) is 2.69. The zero-order chi connectivity index (χ0) is 13.3. The Balaban J connectivity index is 2.62. The summed E-state index contributed by atoms with van der Waals surface area (Å²) >= 11 is 6.77. The summed E-state index contributed by atoms with van der Waals surface area (Å²) in [4.78, 5) is 0. The van der Waals surface area contributed by atoms with Crippen LogP contribution < -0.4 is 0 Å². The summed E-state index contributed by atoms with van der Waals surface area (Å²) in [6.07, 6.45) is 0.531. The van der Waals surface area contributed by atoms with Crippen molar-refractivity contribution in [3.05, 3.63) is 44.6 Å². The van der Waals surface area contributed by atoms with E-state index in [-0.39, 0.29) is 0 Å². The number of halogens is 2. The van der Waals surface area contributed by atoms with Crippen LogP contribution in [0.25, 0.3) is 0 Å². The van der Waals surface area contributed by atoms with E-state index in [1.807, 2.05) is 31.2 Å². The minimum atomic E-state index is -1.11. The fourth-order valence-electron chi connectivity index (χ4n) is 2.02. The topological polar surface area (TPSA) is 50.9 Å². The van der Waals surface area contributed by atoms with Crippen molar-refractivity contribution in [2.24, 2.45) is 7.05 Å². The van der Waals surface area contributed by atoms with Gasteiger partial charge in [-0.05, 0) is 40.0 Å². The van der Waals surface area contributed by atoms with Gasteiger partial charge in [-0.25, -0.2) is 4.68 Å². The third kappa shape index (κ3) is 2.24. The van der Waals surface area contributed by atoms with Gasteiger partial charge < -0.3 is 5.11 Å². The maximum absolute atomic E-state index is 11.0. The number of aliphatic hydroxyl groups is 1. The molecule has 1 aromatic heterocycles. The van der Waals surface area contributed by atoms with Crippen molar-refractivity contribution in [3.63, 3.8) is 0 Å². The Bertz CT molecular complexity index is 551. The first kappa shape index (κ1) is 13.7. The molecule has 0 bridgehead atoms. The molecule has 1 atom stereocenters. The van der Waals surface area contributed by atoms with Gasteiger partial charge in [0.25, 0.3) is 0 Å². The minimum absolute atomic E-state index is 0.531. The Labute approximate surface area is 122 Å². The fourth-order valence-corrected chi connectivity index (χ4v) is 3.08. The molecule has 18 heavy (non-hydrogen) atoms. The Kier molecular flexibility index (Phi) is 3.89. The van der Waals surface area contributed by atoms with Crippen LogP contribution in [0.15, 0.2) is 33.3 Å². The summed E-state index contributed by atoms with van der Waals surface area (Å²) < 4.78 is 3.08. The van der Waals surface area contributed by atoms with E-state index in [1.165, 1.54) is 0 Å². The van der Waals surface area contributed by atoms with Crippen LogP contribution >= 0.6 is 31.9 Å². The van der Waals surface area contributed by atoms with Gasteiger partial charge in [-0.3, -0.25) is 0 Å². The third-order valence-electron chi connectivity index (χ3n) is 2.99. The first-order chi connectivity index (χ1) is 8.49. The van der Waals surface area contributed by atoms with E-state index in [4.69, 9.17) is 0 Å². The summed E-state index contributed by atoms with van der Waals surface area (Å²) in [7, 11) is 1.77. The summed E-state index contributed by atoms with van der Waals surface area (Å²) in [6, 6.07) is 7.63. The van der Waals surface area contributed by atoms with Gasteiger partial charge >= 0.3 is 0 Å². The summed E-state index contributed by atoms with van der Waals surface area (Å²) in [5, 5.41) is 18.8. The van der Waals surface area contributed by atoms with Crippen LogP contribution in [0.1, 0.15) is 24.6 Å². The molecule has 0 fully saturated rings. The normalized spacial score (nSPS) is 14.5. The van der Waals surface area contributed by atoms with E-state index in [1.54, 1.807) is 11.7 Å². The van der Waals surface area contributed by atoms with Gasteiger partial charge in [0.05, 0.1) is 0 Å². The van der Waals surface area contributed by atoms with Crippen molar-refractivity contribution in [2.45, 2.75) is 18.9 Å². The van der Waals surface area contributed by atoms with Gasteiger partial charge in [-0.1, -0.05) is 40.2 Å². The number of benzene rings is 1. The van der Waals surface area contributed by atoms with Gasteiger partial charge in [0.1, 0.15) is 11.3 Å².